The normalized spacial score (nSPS) is 9.38. The van der Waals surface area contributed by atoms with Gasteiger partial charge in [0.2, 0.25) is 0 Å². The van der Waals surface area contributed by atoms with Gasteiger partial charge in [-0.05, 0) is 37.5 Å². The first-order valence-electron chi connectivity index (χ1n) is 12.7. The van der Waals surface area contributed by atoms with E-state index in [9.17, 15) is 28.8 Å². The van der Waals surface area contributed by atoms with Crippen molar-refractivity contribution in [2.45, 2.75) is 59.3 Å². The second-order valence-corrected chi connectivity index (χ2v) is 9.24. The van der Waals surface area contributed by atoms with Gasteiger partial charge in [0.1, 0.15) is 34.7 Å². The van der Waals surface area contributed by atoms with Crippen LogP contribution in [0.1, 0.15) is 56.7 Å². The van der Waals surface area contributed by atoms with E-state index in [4.69, 9.17) is 0 Å². The molecule has 0 unspecified atom stereocenters. The van der Waals surface area contributed by atoms with Crippen LogP contribution in [0, 0.1) is 0 Å². The van der Waals surface area contributed by atoms with Gasteiger partial charge in [0.05, 0.1) is 19.3 Å². The fraction of sp³-hybridized carbons (Fsp3) is 0.273. The molecular formula is C33H36O6Ru. The molecular weight excluding hydrogens is 593 g/mol. The van der Waals surface area contributed by atoms with Crippen molar-refractivity contribution in [3.8, 4) is 0 Å². The predicted octanol–water partition coefficient (Wildman–Crippen LogP) is 5.33. The Morgan fingerprint density at radius 3 is 0.775 bits per heavy atom. The third-order valence-corrected chi connectivity index (χ3v) is 5.07. The molecule has 0 atom stereocenters. The quantitative estimate of drug-likeness (QED) is 0.198. The van der Waals surface area contributed by atoms with Gasteiger partial charge in [-0.3, -0.25) is 28.8 Å². The van der Waals surface area contributed by atoms with E-state index >= 15 is 0 Å². The van der Waals surface area contributed by atoms with Gasteiger partial charge >= 0.3 is 0 Å². The SMILES string of the molecule is CC(=O)CC(=O)Cc1ccccc1.CC(=O)CC(=O)Cc1ccccc1.CC(=O)CC(=O)Cc1ccccc1.[Ru]. The Balaban J connectivity index is 0.000000563. The van der Waals surface area contributed by atoms with Crippen LogP contribution in [0.25, 0.3) is 0 Å². The number of ketones is 6. The van der Waals surface area contributed by atoms with Crippen LogP contribution in [0.3, 0.4) is 0 Å². The summed E-state index contributed by atoms with van der Waals surface area (Å²) in [5.41, 5.74) is 2.90. The van der Waals surface area contributed by atoms with Crippen molar-refractivity contribution in [3.63, 3.8) is 0 Å². The van der Waals surface area contributed by atoms with Crippen molar-refractivity contribution >= 4 is 34.7 Å². The van der Waals surface area contributed by atoms with Crippen LogP contribution < -0.4 is 0 Å². The van der Waals surface area contributed by atoms with Crippen molar-refractivity contribution in [1.82, 2.24) is 0 Å². The van der Waals surface area contributed by atoms with Crippen LogP contribution >= 0.6 is 0 Å². The van der Waals surface area contributed by atoms with E-state index in [1.165, 1.54) is 20.8 Å². The first kappa shape index (κ1) is 36.3. The molecule has 0 spiro atoms. The zero-order chi connectivity index (χ0) is 29.0. The maximum Gasteiger partial charge on any atom is 0.144 e. The summed E-state index contributed by atoms with van der Waals surface area (Å²) in [6.07, 6.45) is 1.24. The molecule has 3 aromatic carbocycles. The van der Waals surface area contributed by atoms with E-state index in [0.29, 0.717) is 19.3 Å². The molecule has 0 N–H and O–H groups in total. The molecule has 0 saturated carbocycles. The second kappa shape index (κ2) is 21.2. The minimum Gasteiger partial charge on any atom is -0.300 e. The number of carbonyl (C=O) groups is 6. The summed E-state index contributed by atoms with van der Waals surface area (Å²) >= 11 is 0. The summed E-state index contributed by atoms with van der Waals surface area (Å²) in [5, 5.41) is 0. The Morgan fingerprint density at radius 2 is 0.600 bits per heavy atom. The molecule has 0 aromatic heterocycles. The molecule has 0 aliphatic carbocycles. The van der Waals surface area contributed by atoms with E-state index < -0.39 is 0 Å². The minimum absolute atomic E-state index is 0. The first-order valence-corrected chi connectivity index (χ1v) is 12.7. The van der Waals surface area contributed by atoms with E-state index in [1.807, 2.05) is 91.0 Å². The largest absolute Gasteiger partial charge is 0.300 e. The molecule has 0 saturated heterocycles. The number of rotatable bonds is 12. The van der Waals surface area contributed by atoms with Crippen molar-refractivity contribution < 1.29 is 48.2 Å². The van der Waals surface area contributed by atoms with Gasteiger partial charge in [0, 0.05) is 38.7 Å². The third-order valence-electron chi connectivity index (χ3n) is 5.07. The number of carbonyl (C=O) groups excluding carboxylic acids is 6. The zero-order valence-electron chi connectivity index (χ0n) is 23.2. The Morgan fingerprint density at radius 1 is 0.400 bits per heavy atom. The molecule has 7 heteroatoms. The smallest absolute Gasteiger partial charge is 0.144 e. The Labute approximate surface area is 249 Å². The molecule has 0 bridgehead atoms. The van der Waals surface area contributed by atoms with Crippen molar-refractivity contribution in [2.24, 2.45) is 0 Å². The van der Waals surface area contributed by atoms with Crippen molar-refractivity contribution in [2.75, 3.05) is 0 Å². The van der Waals surface area contributed by atoms with Gasteiger partial charge in [0.15, 0.2) is 0 Å². The summed E-state index contributed by atoms with van der Waals surface area (Å²) in [6.45, 7) is 4.30. The molecule has 3 aromatic rings. The van der Waals surface area contributed by atoms with Gasteiger partial charge in [-0.2, -0.15) is 0 Å². The van der Waals surface area contributed by atoms with E-state index in [1.54, 1.807) is 0 Å². The van der Waals surface area contributed by atoms with E-state index in [2.05, 4.69) is 0 Å². The average molecular weight is 630 g/mol. The number of hydrogen-bond acceptors (Lipinski definition) is 6. The van der Waals surface area contributed by atoms with Crippen LogP contribution in [-0.2, 0) is 67.5 Å². The molecule has 0 aliphatic heterocycles. The van der Waals surface area contributed by atoms with Gasteiger partial charge < -0.3 is 0 Å². The second-order valence-electron chi connectivity index (χ2n) is 9.24. The molecule has 3 rings (SSSR count). The molecule has 212 valence electrons. The average Bonchev–Trinajstić information content (AvgIpc) is 2.85. The number of benzene rings is 3. The molecule has 40 heavy (non-hydrogen) atoms. The van der Waals surface area contributed by atoms with Gasteiger partial charge in [0.25, 0.3) is 0 Å². The first-order chi connectivity index (χ1) is 18.5. The van der Waals surface area contributed by atoms with Crippen LogP contribution in [0.4, 0.5) is 0 Å². The molecule has 0 aliphatic rings. The van der Waals surface area contributed by atoms with Gasteiger partial charge in [-0.25, -0.2) is 0 Å². The summed E-state index contributed by atoms with van der Waals surface area (Å²) in [4.78, 5) is 65.5. The Hall–Kier alpha value is -3.70. The maximum absolute atomic E-state index is 11.2. The van der Waals surface area contributed by atoms with Crippen LogP contribution in [0.15, 0.2) is 91.0 Å². The summed E-state index contributed by atoms with van der Waals surface area (Å²) in [5.74, 6) is -0.251. The van der Waals surface area contributed by atoms with Crippen molar-refractivity contribution in [3.05, 3.63) is 108 Å². The monoisotopic (exact) mass is 630 g/mol. The molecule has 0 amide bonds. The molecule has 0 heterocycles. The third kappa shape index (κ3) is 19.4. The Kier molecular flexibility index (Phi) is 19.2. The van der Waals surface area contributed by atoms with E-state index in [0.717, 1.165) is 16.7 Å². The maximum atomic E-state index is 11.2. The fourth-order valence-corrected chi connectivity index (χ4v) is 3.49. The summed E-state index contributed by atoms with van der Waals surface area (Å²) in [7, 11) is 0. The topological polar surface area (TPSA) is 102 Å². The Bertz CT molecular complexity index is 1070. The van der Waals surface area contributed by atoms with Crippen LogP contribution in [0.2, 0.25) is 0 Å². The number of Topliss-reactive ketones (excluding diaryl/α,β-unsaturated/α-hetero) is 6. The van der Waals surface area contributed by atoms with Crippen LogP contribution in [0.5, 0.6) is 0 Å². The minimum atomic E-state index is -0.0686. The fourth-order valence-electron chi connectivity index (χ4n) is 3.49. The molecule has 0 radical (unpaired) electrons. The summed E-state index contributed by atoms with van der Waals surface area (Å²) in [6, 6.07) is 28.3. The molecule has 0 fully saturated rings. The number of hydrogen-bond donors (Lipinski definition) is 0. The van der Waals surface area contributed by atoms with Crippen LogP contribution in [-0.4, -0.2) is 34.7 Å². The van der Waals surface area contributed by atoms with Crippen molar-refractivity contribution in [1.29, 1.82) is 0 Å². The summed E-state index contributed by atoms with van der Waals surface area (Å²) < 4.78 is 0. The van der Waals surface area contributed by atoms with E-state index in [-0.39, 0.29) is 73.4 Å². The predicted molar refractivity (Wildman–Crippen MR) is 151 cm³/mol. The van der Waals surface area contributed by atoms with Gasteiger partial charge in [-0.15, -0.1) is 0 Å². The van der Waals surface area contributed by atoms with Gasteiger partial charge in [-0.1, -0.05) is 91.0 Å². The standard InChI is InChI=1S/3C11H12O2.Ru/c3*1-9(12)7-11(13)8-10-5-3-2-4-6-10;/h3*2-6H,7-8H2,1H3;. The molecule has 6 nitrogen and oxygen atoms in total. The zero-order valence-corrected chi connectivity index (χ0v) is 24.9.